The van der Waals surface area contributed by atoms with Gasteiger partial charge in [0.15, 0.2) is 5.17 Å². The molecule has 0 radical (unpaired) electrons. The molecule has 2 aliphatic rings. The molecular weight excluding hydrogens is 368 g/mol. The van der Waals surface area contributed by atoms with Crippen LogP contribution in [-0.2, 0) is 23.3 Å². The summed E-state index contributed by atoms with van der Waals surface area (Å²) in [5, 5.41) is 1.31. The zero-order valence-electron chi connectivity index (χ0n) is 14.9. The summed E-state index contributed by atoms with van der Waals surface area (Å²) < 4.78 is 5.55. The first-order valence-electron chi connectivity index (χ1n) is 9.18. The van der Waals surface area contributed by atoms with Crippen LogP contribution in [0.5, 0.6) is 0 Å². The van der Waals surface area contributed by atoms with E-state index in [-0.39, 0.29) is 11.7 Å². The minimum atomic E-state index is -0.0208. The van der Waals surface area contributed by atoms with E-state index < -0.39 is 0 Å². The highest BCUT2D eigenvalue weighted by Gasteiger charge is 2.23. The second-order valence-corrected chi connectivity index (χ2v) is 9.23. The summed E-state index contributed by atoms with van der Waals surface area (Å²) in [6, 6.07) is 0. The van der Waals surface area contributed by atoms with E-state index in [9.17, 15) is 4.79 Å². The van der Waals surface area contributed by atoms with Gasteiger partial charge in [-0.05, 0) is 43.6 Å². The molecule has 6 nitrogen and oxygen atoms in total. The van der Waals surface area contributed by atoms with Crippen LogP contribution in [0.2, 0.25) is 0 Å². The van der Waals surface area contributed by atoms with E-state index in [1.165, 1.54) is 22.2 Å². The minimum absolute atomic E-state index is 0.0208. The van der Waals surface area contributed by atoms with Gasteiger partial charge in [0.25, 0.3) is 5.56 Å². The highest BCUT2D eigenvalue weighted by molar-refractivity contribution is 8.13. The smallest absolute Gasteiger partial charge is 0.259 e. The molecule has 0 spiro atoms. The van der Waals surface area contributed by atoms with E-state index in [1.54, 1.807) is 11.3 Å². The van der Waals surface area contributed by atoms with Gasteiger partial charge in [0, 0.05) is 11.5 Å². The van der Waals surface area contributed by atoms with Crippen molar-refractivity contribution in [3.8, 4) is 0 Å². The lowest BCUT2D eigenvalue weighted by Crippen LogP contribution is -2.16. The molecule has 140 valence electrons. The van der Waals surface area contributed by atoms with Crippen LogP contribution in [0.25, 0.3) is 10.2 Å². The average molecular weight is 393 g/mol. The zero-order chi connectivity index (χ0) is 18.1. The van der Waals surface area contributed by atoms with Crippen molar-refractivity contribution >= 4 is 38.5 Å². The van der Waals surface area contributed by atoms with Gasteiger partial charge in [0.2, 0.25) is 0 Å². The number of thioether (sulfide) groups is 1. The molecule has 0 aromatic carbocycles. The Labute approximate surface area is 160 Å². The predicted octanol–water partition coefficient (Wildman–Crippen LogP) is 2.84. The number of thiophene rings is 1. The second kappa shape index (κ2) is 7.70. The number of aliphatic imine (C=N–C) groups is 1. The van der Waals surface area contributed by atoms with Crippen molar-refractivity contribution in [2.24, 2.45) is 16.6 Å². The summed E-state index contributed by atoms with van der Waals surface area (Å²) in [6.07, 6.45) is 5.54. The Hall–Kier alpha value is -1.38. The maximum absolute atomic E-state index is 12.6. The van der Waals surface area contributed by atoms with E-state index >= 15 is 0 Å². The van der Waals surface area contributed by atoms with Gasteiger partial charge in [0.05, 0.1) is 23.8 Å². The van der Waals surface area contributed by atoms with Crippen molar-refractivity contribution in [2.45, 2.75) is 50.9 Å². The Morgan fingerprint density at radius 1 is 1.50 bits per heavy atom. The van der Waals surface area contributed by atoms with Gasteiger partial charge in [-0.25, -0.2) is 4.98 Å². The van der Waals surface area contributed by atoms with Gasteiger partial charge in [-0.1, -0.05) is 18.7 Å². The van der Waals surface area contributed by atoms with Gasteiger partial charge in [-0.3, -0.25) is 9.79 Å². The van der Waals surface area contributed by atoms with Crippen molar-refractivity contribution in [2.75, 3.05) is 13.2 Å². The molecule has 4 rings (SSSR count). The maximum atomic E-state index is 12.6. The quantitative estimate of drug-likeness (QED) is 0.616. The first-order valence-corrected chi connectivity index (χ1v) is 11.0. The molecule has 0 saturated carbocycles. The van der Waals surface area contributed by atoms with Gasteiger partial charge in [-0.15, -0.1) is 11.3 Å². The number of H-pyrrole nitrogens is 1. The normalized spacial score (nSPS) is 23.5. The number of rotatable bonds is 4. The lowest BCUT2D eigenvalue weighted by molar-refractivity contribution is 0.118. The van der Waals surface area contributed by atoms with Crippen LogP contribution in [0.1, 0.15) is 42.5 Å². The standard InChI is InChI=1S/C18H24N4O2S2/c1-10-4-5-12-13(7-10)26-17-15(12)16(23)21-14(22-17)9-25-18(19)20-8-11-3-2-6-24-11/h10-11H,2-9H2,1H3,(H2,19,20)(H,21,22,23)/t10-,11+/m1/s1. The average Bonchev–Trinajstić information content (AvgIpc) is 3.24. The first kappa shape index (κ1) is 18.0. The Morgan fingerprint density at radius 3 is 3.19 bits per heavy atom. The van der Waals surface area contributed by atoms with Crippen LogP contribution in [-0.4, -0.2) is 34.4 Å². The van der Waals surface area contributed by atoms with Gasteiger partial charge >= 0.3 is 0 Å². The molecular formula is C18H24N4O2S2. The molecule has 2 atom stereocenters. The number of fused-ring (bicyclic) bond motifs is 3. The van der Waals surface area contributed by atoms with Crippen LogP contribution in [0.3, 0.4) is 0 Å². The molecule has 2 aromatic rings. The van der Waals surface area contributed by atoms with Crippen LogP contribution >= 0.6 is 23.1 Å². The lowest BCUT2D eigenvalue weighted by atomic mass is 9.89. The third kappa shape index (κ3) is 3.82. The van der Waals surface area contributed by atoms with E-state index in [0.29, 0.717) is 29.2 Å². The van der Waals surface area contributed by atoms with Crippen LogP contribution in [0, 0.1) is 5.92 Å². The van der Waals surface area contributed by atoms with Crippen molar-refractivity contribution in [3.05, 3.63) is 26.6 Å². The Morgan fingerprint density at radius 2 is 2.38 bits per heavy atom. The molecule has 1 saturated heterocycles. The van der Waals surface area contributed by atoms with Gasteiger partial charge < -0.3 is 15.5 Å². The number of aromatic amines is 1. The van der Waals surface area contributed by atoms with E-state index in [2.05, 4.69) is 21.9 Å². The third-order valence-corrected chi connectivity index (χ3v) is 7.04. The topological polar surface area (TPSA) is 93.4 Å². The Bertz CT molecular complexity index is 883. The number of nitrogens with zero attached hydrogens (tertiary/aromatic N) is 2. The fraction of sp³-hybridized carbons (Fsp3) is 0.611. The number of nitrogens with two attached hydrogens (primary N) is 1. The van der Waals surface area contributed by atoms with Crippen molar-refractivity contribution in [1.82, 2.24) is 9.97 Å². The molecule has 0 unspecified atom stereocenters. The zero-order valence-corrected chi connectivity index (χ0v) is 16.5. The molecule has 26 heavy (non-hydrogen) atoms. The lowest BCUT2D eigenvalue weighted by Gasteiger charge is -2.17. The minimum Gasteiger partial charge on any atom is -0.379 e. The van der Waals surface area contributed by atoms with Crippen molar-refractivity contribution < 1.29 is 4.74 Å². The molecule has 0 amide bonds. The summed E-state index contributed by atoms with van der Waals surface area (Å²) in [7, 11) is 0. The SMILES string of the molecule is C[C@@H]1CCc2c(sc3nc(CSC(N)=NC[C@@H]4CCCO4)[nH]c(=O)c23)C1. The number of amidine groups is 1. The molecule has 1 fully saturated rings. The van der Waals surface area contributed by atoms with E-state index in [1.807, 2.05) is 0 Å². The highest BCUT2D eigenvalue weighted by Crippen LogP contribution is 2.35. The largest absolute Gasteiger partial charge is 0.379 e. The summed E-state index contributed by atoms with van der Waals surface area (Å²) in [5.74, 6) is 1.87. The number of nitrogens with one attached hydrogen (secondary N) is 1. The highest BCUT2D eigenvalue weighted by atomic mass is 32.2. The number of ether oxygens (including phenoxy) is 1. The van der Waals surface area contributed by atoms with E-state index in [4.69, 9.17) is 10.5 Å². The van der Waals surface area contributed by atoms with Gasteiger partial charge in [0.1, 0.15) is 10.7 Å². The molecule has 3 N–H and O–H groups in total. The van der Waals surface area contributed by atoms with Gasteiger partial charge in [-0.2, -0.15) is 0 Å². The number of hydrogen-bond donors (Lipinski definition) is 2. The van der Waals surface area contributed by atoms with E-state index in [0.717, 1.165) is 48.9 Å². The summed E-state index contributed by atoms with van der Waals surface area (Å²) >= 11 is 3.08. The molecule has 1 aliphatic carbocycles. The maximum Gasteiger partial charge on any atom is 0.259 e. The van der Waals surface area contributed by atoms with Crippen LogP contribution in [0.4, 0.5) is 0 Å². The fourth-order valence-electron chi connectivity index (χ4n) is 3.63. The molecule has 1 aliphatic heterocycles. The van der Waals surface area contributed by atoms with Crippen molar-refractivity contribution in [3.63, 3.8) is 0 Å². The number of aryl methyl sites for hydroxylation is 1. The monoisotopic (exact) mass is 392 g/mol. The van der Waals surface area contributed by atoms with Crippen molar-refractivity contribution in [1.29, 1.82) is 0 Å². The number of aromatic nitrogens is 2. The first-order chi connectivity index (χ1) is 12.6. The molecule has 3 heterocycles. The third-order valence-electron chi connectivity index (χ3n) is 5.05. The van der Waals surface area contributed by atoms with Crippen LogP contribution < -0.4 is 11.3 Å². The van der Waals surface area contributed by atoms with Crippen LogP contribution in [0.15, 0.2) is 9.79 Å². The summed E-state index contributed by atoms with van der Waals surface area (Å²) in [4.78, 5) is 26.8. The Balaban J connectivity index is 1.47. The second-order valence-electron chi connectivity index (χ2n) is 7.15. The molecule has 0 bridgehead atoms. The molecule has 2 aromatic heterocycles. The summed E-state index contributed by atoms with van der Waals surface area (Å²) in [5.41, 5.74) is 7.18. The fourth-order valence-corrected chi connectivity index (χ4v) is 5.62. The molecule has 8 heteroatoms. The Kier molecular flexibility index (Phi) is 5.33. The number of hydrogen-bond acceptors (Lipinski definition) is 6. The summed E-state index contributed by atoms with van der Waals surface area (Å²) in [6.45, 7) is 3.70. The predicted molar refractivity (Wildman–Crippen MR) is 108 cm³/mol.